The molecule has 1 aliphatic rings. The minimum atomic E-state index is -1.05. The Morgan fingerprint density at radius 3 is 2.58 bits per heavy atom. The predicted octanol–water partition coefficient (Wildman–Crippen LogP) is 3.37. The van der Waals surface area contributed by atoms with Crippen molar-refractivity contribution in [1.82, 2.24) is 5.43 Å². The number of aromatic carboxylic acids is 1. The van der Waals surface area contributed by atoms with E-state index in [1.54, 1.807) is 18.2 Å². The van der Waals surface area contributed by atoms with Crippen LogP contribution in [0.2, 0.25) is 0 Å². The molecule has 3 rings (SSSR count). The quantitative estimate of drug-likeness (QED) is 0.718. The molecule has 132 valence electrons. The maximum absolute atomic E-state index is 11.4. The Labute approximate surface area is 150 Å². The van der Waals surface area contributed by atoms with Crippen molar-refractivity contribution in [2.75, 3.05) is 0 Å². The predicted molar refractivity (Wildman–Crippen MR) is 95.3 cm³/mol. The molecule has 0 saturated carbocycles. The van der Waals surface area contributed by atoms with Crippen LogP contribution in [-0.2, 0) is 4.79 Å². The van der Waals surface area contributed by atoms with Crippen molar-refractivity contribution in [3.05, 3.63) is 70.8 Å². The van der Waals surface area contributed by atoms with E-state index in [0.717, 1.165) is 11.3 Å². The minimum Gasteiger partial charge on any atom is -0.478 e. The fourth-order valence-corrected chi connectivity index (χ4v) is 3.09. The van der Waals surface area contributed by atoms with E-state index in [9.17, 15) is 14.7 Å². The van der Waals surface area contributed by atoms with Gasteiger partial charge in [0.2, 0.25) is 5.91 Å². The summed E-state index contributed by atoms with van der Waals surface area (Å²) in [5, 5.41) is 17.1. The molecule has 1 aliphatic heterocycles. The minimum absolute atomic E-state index is 0.0130. The summed E-state index contributed by atoms with van der Waals surface area (Å²) in [4.78, 5) is 22.8. The Hall–Kier alpha value is -3.35. The summed E-state index contributed by atoms with van der Waals surface area (Å²) in [5.41, 5.74) is 13.0. The molecule has 2 unspecified atom stereocenters. The van der Waals surface area contributed by atoms with Crippen LogP contribution in [0, 0.1) is 11.4 Å². The van der Waals surface area contributed by atoms with Crippen molar-refractivity contribution in [2.45, 2.75) is 19.4 Å². The highest BCUT2D eigenvalue weighted by atomic mass is 16.4. The smallest absolute Gasteiger partial charge is 0.336 e. The zero-order valence-corrected chi connectivity index (χ0v) is 14.1. The Morgan fingerprint density at radius 1 is 1.27 bits per heavy atom. The summed E-state index contributed by atoms with van der Waals surface area (Å²) < 4.78 is 0. The van der Waals surface area contributed by atoms with E-state index in [0.29, 0.717) is 17.5 Å². The van der Waals surface area contributed by atoms with Gasteiger partial charge in [-0.2, -0.15) is 10.2 Å². The maximum Gasteiger partial charge on any atom is 0.336 e. The molecular formula is C19H18N4O3. The van der Waals surface area contributed by atoms with Gasteiger partial charge in [-0.15, -0.1) is 0 Å². The molecule has 7 nitrogen and oxygen atoms in total. The number of nitrogens with zero attached hydrogens (tertiary/aromatic N) is 2. The molecule has 7 heteroatoms. The van der Waals surface area contributed by atoms with Crippen LogP contribution in [-0.4, -0.2) is 22.7 Å². The monoisotopic (exact) mass is 350 g/mol. The number of carbonyl (C=O) groups excluding carboxylic acids is 1. The van der Waals surface area contributed by atoms with E-state index < -0.39 is 12.0 Å². The van der Waals surface area contributed by atoms with Crippen molar-refractivity contribution in [2.24, 2.45) is 16.1 Å². The van der Waals surface area contributed by atoms with Crippen LogP contribution < -0.4 is 5.43 Å². The molecule has 0 radical (unpaired) electrons. The number of carboxylic acids is 1. The molecule has 0 aliphatic carbocycles. The third kappa shape index (κ3) is 3.37. The highest BCUT2D eigenvalue weighted by molar-refractivity contribution is 6.05. The van der Waals surface area contributed by atoms with Crippen LogP contribution in [0.1, 0.15) is 46.4 Å². The number of amides is 1. The van der Waals surface area contributed by atoms with E-state index in [2.05, 4.69) is 15.6 Å². The van der Waals surface area contributed by atoms with Crippen LogP contribution >= 0.6 is 0 Å². The van der Waals surface area contributed by atoms with Crippen molar-refractivity contribution in [3.63, 3.8) is 0 Å². The van der Waals surface area contributed by atoms with E-state index in [4.69, 9.17) is 5.53 Å². The molecular weight excluding hydrogens is 332 g/mol. The molecule has 0 saturated heterocycles. The van der Waals surface area contributed by atoms with Crippen molar-refractivity contribution in [3.8, 4) is 0 Å². The van der Waals surface area contributed by atoms with Crippen LogP contribution in [0.4, 0.5) is 0 Å². The summed E-state index contributed by atoms with van der Waals surface area (Å²) in [5.74, 6) is -1.14. The molecule has 2 atom stereocenters. The number of carbonyl (C=O) groups is 2. The summed E-state index contributed by atoms with van der Waals surface area (Å²) >= 11 is 0. The molecule has 2 aromatic carbocycles. The fourth-order valence-electron chi connectivity index (χ4n) is 3.09. The highest BCUT2D eigenvalue weighted by Gasteiger charge is 2.23. The molecule has 26 heavy (non-hydrogen) atoms. The summed E-state index contributed by atoms with van der Waals surface area (Å²) in [6.45, 7) is 1.94. The Balaban J connectivity index is 1.94. The van der Waals surface area contributed by atoms with Gasteiger partial charge in [-0.3, -0.25) is 4.79 Å². The molecule has 1 amide bonds. The van der Waals surface area contributed by atoms with Gasteiger partial charge in [0.05, 0.1) is 11.3 Å². The Morgan fingerprint density at radius 2 is 1.96 bits per heavy atom. The van der Waals surface area contributed by atoms with E-state index in [1.165, 1.54) is 6.07 Å². The molecule has 1 heterocycles. The van der Waals surface area contributed by atoms with Gasteiger partial charge in [0.15, 0.2) is 0 Å². The van der Waals surface area contributed by atoms with Crippen LogP contribution in [0.3, 0.4) is 0 Å². The summed E-state index contributed by atoms with van der Waals surface area (Å²) in [6.07, 6.45) is 0.386. The van der Waals surface area contributed by atoms with Gasteiger partial charge in [-0.05, 0) is 22.8 Å². The first-order valence-electron chi connectivity index (χ1n) is 8.16. The lowest BCUT2D eigenvalue weighted by Crippen LogP contribution is -2.31. The van der Waals surface area contributed by atoms with Gasteiger partial charge >= 0.3 is 5.97 Å². The largest absolute Gasteiger partial charge is 0.478 e. The molecule has 0 fully saturated rings. The first kappa shape index (κ1) is 17.5. The number of hydrogen-bond donors (Lipinski definition) is 3. The van der Waals surface area contributed by atoms with Gasteiger partial charge in [-0.25, -0.2) is 15.8 Å². The zero-order chi connectivity index (χ0) is 18.7. The van der Waals surface area contributed by atoms with Crippen molar-refractivity contribution < 1.29 is 14.7 Å². The first-order chi connectivity index (χ1) is 12.5. The van der Waals surface area contributed by atoms with E-state index in [1.807, 2.05) is 31.2 Å². The van der Waals surface area contributed by atoms with Gasteiger partial charge in [-0.1, -0.05) is 49.4 Å². The number of benzene rings is 2. The topological polar surface area (TPSA) is 115 Å². The van der Waals surface area contributed by atoms with Crippen LogP contribution in [0.5, 0.6) is 0 Å². The van der Waals surface area contributed by atoms with Crippen LogP contribution in [0.25, 0.3) is 0 Å². The fraction of sp³-hybridized carbons (Fsp3) is 0.211. The first-order valence-corrected chi connectivity index (χ1v) is 8.16. The van der Waals surface area contributed by atoms with Gasteiger partial charge in [0.25, 0.3) is 0 Å². The number of hydrazone groups is 1. The van der Waals surface area contributed by atoms with Crippen LogP contribution in [0.15, 0.2) is 58.7 Å². The third-order valence-corrected chi connectivity index (χ3v) is 4.40. The lowest BCUT2D eigenvalue weighted by molar-refractivity contribution is -0.121. The number of carboxylic acid groups (broad SMARTS) is 1. The normalized spacial score (nSPS) is 17.8. The Bertz CT molecular complexity index is 890. The van der Waals surface area contributed by atoms with E-state index >= 15 is 0 Å². The zero-order valence-electron chi connectivity index (χ0n) is 14.1. The second-order valence-corrected chi connectivity index (χ2v) is 6.18. The maximum atomic E-state index is 11.4. The Kier molecular flexibility index (Phi) is 4.88. The lowest BCUT2D eigenvalue weighted by atomic mass is 9.91. The van der Waals surface area contributed by atoms with Gasteiger partial charge in [0.1, 0.15) is 6.04 Å². The highest BCUT2D eigenvalue weighted by Crippen LogP contribution is 2.29. The summed E-state index contributed by atoms with van der Waals surface area (Å²) in [6, 6.07) is 13.2. The van der Waals surface area contributed by atoms with Crippen molar-refractivity contribution in [1.29, 1.82) is 5.53 Å². The van der Waals surface area contributed by atoms with Crippen molar-refractivity contribution >= 4 is 17.6 Å². The number of hydrogen-bond acceptors (Lipinski definition) is 5. The average molecular weight is 350 g/mol. The second-order valence-electron chi connectivity index (χ2n) is 6.18. The summed E-state index contributed by atoms with van der Waals surface area (Å²) in [7, 11) is 0. The third-order valence-electron chi connectivity index (χ3n) is 4.40. The number of rotatable bonds is 5. The SMILES string of the molecule is CC1CC(=O)NN=C1c1ccc(C(N=N)c2ccccc2C(=O)O)cc1. The molecule has 0 bridgehead atoms. The molecule has 2 aromatic rings. The van der Waals surface area contributed by atoms with Gasteiger partial charge < -0.3 is 5.11 Å². The van der Waals surface area contributed by atoms with Gasteiger partial charge in [0, 0.05) is 12.3 Å². The average Bonchev–Trinajstić information content (AvgIpc) is 2.63. The standard InChI is InChI=1S/C19H18N4O3/c1-11-10-16(24)22-23-17(11)12-6-8-13(9-7-12)18(21-20)14-4-2-3-5-15(14)19(25)26/h2-9,11,18,20H,10H2,1H3,(H,22,24)(H,25,26). The lowest BCUT2D eigenvalue weighted by Gasteiger charge is -2.20. The number of nitrogens with one attached hydrogen (secondary N) is 2. The second kappa shape index (κ2) is 7.26. The molecule has 0 spiro atoms. The molecule has 3 N–H and O–H groups in total. The van der Waals surface area contributed by atoms with E-state index in [-0.39, 0.29) is 17.4 Å². The molecule has 0 aromatic heterocycles.